The van der Waals surface area contributed by atoms with Crippen molar-refractivity contribution in [3.8, 4) is 0 Å². The highest BCUT2D eigenvalue weighted by atomic mass is 16.8. The van der Waals surface area contributed by atoms with Crippen LogP contribution in [0.4, 0.5) is 0 Å². The number of methoxy groups -OCH3 is 4. The zero-order chi connectivity index (χ0) is 75.7. The van der Waals surface area contributed by atoms with Crippen LogP contribution in [0, 0.1) is 106 Å². The molecule has 0 N–H and O–H groups in total. The molecular weight excluding hydrogens is 1450 g/mol. The summed E-state index contributed by atoms with van der Waals surface area (Å²) in [6, 6.07) is 0. The lowest BCUT2D eigenvalue weighted by atomic mass is 9.79. The summed E-state index contributed by atoms with van der Waals surface area (Å²) in [5.41, 5.74) is -0.744. The van der Waals surface area contributed by atoms with Crippen molar-refractivity contribution >= 4 is 23.9 Å². The minimum Gasteiger partial charge on any atom is -0.462 e. The predicted octanol–water partition coefficient (Wildman–Crippen LogP) is 28.7. The van der Waals surface area contributed by atoms with Gasteiger partial charge in [0.2, 0.25) is 0 Å². The maximum atomic E-state index is 11.8. The standard InChI is InChI=1S/C13H24O2.C12H22O2.C10H20O3.C10H20O2.C10H18O2.C9H18O2.C9H16O2.C8H16O3.16CH4/c1-9-7-6-8-11(10(9)2)15-12(14)13(3,4)5;1-8-6-7-10(9(8)2)14-11(13)12(3,4)5;1-5-11-9-7(3)8(4)10(13-9)12-6-2;1-8-5-4-6-10(9(8)2)12-7-11-3;1-7-5-4-6-10(8(7)2)12-9(3)11;1-7-4-5-9(8(7)2)11-6-10-3;1-6-4-5-9(7(6)2)11-8(3)10;1-5-6(2)8(10-4)11-7(5)9-3;;;;;;;;;;;;;;;;/h9-11H,6-8H2,1-5H3;8-10H,6-7H2,1-5H3;7-10H,5-6H2,1-4H3;8-10H,4-7H2,1-3H3;7-8,10H,4-6H2,1-3H3;7-9H,4-6H2,1-3H3;6-7,9H,4-5H2,1-3H3;5-8H,1-4H3;16*1H4. The third-order valence-corrected chi connectivity index (χ3v) is 23.3. The molecule has 26 unspecified atom stereocenters. The van der Waals surface area contributed by atoms with E-state index in [4.69, 9.17) is 66.3 Å². The maximum Gasteiger partial charge on any atom is 0.311 e. The van der Waals surface area contributed by atoms with E-state index in [1.165, 1.54) is 84.5 Å². The largest absolute Gasteiger partial charge is 0.462 e. The summed E-state index contributed by atoms with van der Waals surface area (Å²) < 4.78 is 74.6. The van der Waals surface area contributed by atoms with Gasteiger partial charge in [0.15, 0.2) is 25.2 Å². The van der Waals surface area contributed by atoms with Gasteiger partial charge in [-0.25, -0.2) is 0 Å². The van der Waals surface area contributed by atoms with Gasteiger partial charge in [-0.05, 0) is 197 Å². The van der Waals surface area contributed by atoms with Gasteiger partial charge in [-0.15, -0.1) is 0 Å². The first kappa shape index (κ1) is 150. The van der Waals surface area contributed by atoms with Crippen LogP contribution in [0.15, 0.2) is 0 Å². The summed E-state index contributed by atoms with van der Waals surface area (Å²) in [5.74, 6) is 9.10. The van der Waals surface area contributed by atoms with Gasteiger partial charge in [-0.2, -0.15) is 0 Å². The van der Waals surface area contributed by atoms with Crippen LogP contribution >= 0.6 is 0 Å². The second-order valence-corrected chi connectivity index (χ2v) is 33.0. The number of carbonyl (C=O) groups excluding carboxylic acids is 4. The van der Waals surface area contributed by atoms with Crippen LogP contribution in [-0.2, 0) is 85.5 Å². The minimum absolute atomic E-state index is 0. The smallest absolute Gasteiger partial charge is 0.311 e. The van der Waals surface area contributed by atoms with E-state index >= 15 is 0 Å². The lowest BCUT2D eigenvalue weighted by molar-refractivity contribution is -0.211. The molecule has 0 amide bonds. The van der Waals surface area contributed by atoms with Crippen LogP contribution in [0.5, 0.6) is 0 Å². The number of esters is 4. The highest BCUT2D eigenvalue weighted by Gasteiger charge is 2.42. The Balaban J connectivity index is -0.0000000683. The number of rotatable bonds is 16. The lowest BCUT2D eigenvalue weighted by Gasteiger charge is -2.35. The van der Waals surface area contributed by atoms with Crippen molar-refractivity contribution in [2.75, 3.05) is 55.2 Å². The fraction of sp³-hybridized carbons (Fsp3) is 0.959. The number of ether oxygens (including phenoxy) is 14. The van der Waals surface area contributed by atoms with Crippen LogP contribution in [0.2, 0.25) is 0 Å². The molecule has 2 saturated heterocycles. The van der Waals surface area contributed by atoms with Crippen LogP contribution < -0.4 is 0 Å². The van der Waals surface area contributed by atoms with Crippen molar-refractivity contribution in [3.05, 3.63) is 0 Å². The minimum atomic E-state index is -0.375. The Morgan fingerprint density at radius 3 is 0.704 bits per heavy atom. The topological polar surface area (TPSA) is 197 Å². The van der Waals surface area contributed by atoms with Crippen LogP contribution in [0.1, 0.15) is 395 Å². The summed E-state index contributed by atoms with van der Waals surface area (Å²) in [7, 11) is 6.66. The molecule has 0 aromatic rings. The Morgan fingerprint density at radius 1 is 0.278 bits per heavy atom. The molecule has 8 aliphatic rings. The first-order valence-corrected chi connectivity index (χ1v) is 38.8. The molecule has 6 saturated carbocycles. The molecule has 714 valence electrons. The van der Waals surface area contributed by atoms with Crippen molar-refractivity contribution < 1.29 is 85.5 Å². The Labute approximate surface area is 723 Å². The molecule has 0 bridgehead atoms. The number of hydrogen-bond acceptors (Lipinski definition) is 18. The van der Waals surface area contributed by atoms with Crippen LogP contribution in [0.25, 0.3) is 0 Å². The Bertz CT molecular complexity index is 2120. The molecule has 0 spiro atoms. The van der Waals surface area contributed by atoms with Crippen molar-refractivity contribution in [1.29, 1.82) is 0 Å². The SMILES string of the molecule is C.C.C.C.C.C.C.C.C.C.C.C.C.C.C.C.CC(=O)OC1CCC(C)C1C.CC(=O)OC1CCCC(C)C1C.CC1CCC(OC(=O)C(C)(C)C)C1C.CC1CCCC(OC(=O)C(C)(C)C)C1C.CCOC1OC(OCC)C(C)C1C.COC1OC(OC)C(C)C1C.COCOC1CCC(C)C1C.COCOC1CCCC(C)C1C. The van der Waals surface area contributed by atoms with E-state index < -0.39 is 0 Å². The molecule has 26 atom stereocenters. The van der Waals surface area contributed by atoms with Crippen molar-refractivity contribution in [3.63, 3.8) is 0 Å². The molecule has 115 heavy (non-hydrogen) atoms. The zero-order valence-electron chi connectivity index (χ0n) is 68.8. The summed E-state index contributed by atoms with van der Waals surface area (Å²) in [6.07, 6.45) is 19.0. The van der Waals surface area contributed by atoms with E-state index in [0.717, 1.165) is 37.5 Å². The Morgan fingerprint density at radius 2 is 0.487 bits per heavy atom. The molecule has 2 heterocycles. The fourth-order valence-corrected chi connectivity index (χ4v) is 14.1. The van der Waals surface area contributed by atoms with Gasteiger partial charge < -0.3 is 66.3 Å². The quantitative estimate of drug-likeness (QED) is 0.0802. The molecule has 18 heteroatoms. The van der Waals surface area contributed by atoms with E-state index in [2.05, 4.69) is 111 Å². The summed E-state index contributed by atoms with van der Waals surface area (Å²) in [4.78, 5) is 44.8. The van der Waals surface area contributed by atoms with Crippen LogP contribution in [0.3, 0.4) is 0 Å². The fourth-order valence-electron chi connectivity index (χ4n) is 14.1. The number of carbonyl (C=O) groups is 4. The zero-order valence-corrected chi connectivity index (χ0v) is 68.8. The van der Waals surface area contributed by atoms with Gasteiger partial charge in [-0.3, -0.25) is 19.2 Å². The third-order valence-electron chi connectivity index (χ3n) is 23.3. The average Bonchev–Trinajstić information content (AvgIpc) is 1.72. The van der Waals surface area contributed by atoms with Gasteiger partial charge in [0.05, 0.1) is 23.0 Å². The van der Waals surface area contributed by atoms with Crippen LogP contribution in [-0.4, -0.2) is 141 Å². The summed E-state index contributed by atoms with van der Waals surface area (Å²) in [5, 5.41) is 0. The molecular formula is C97H218O18. The normalized spacial score (nSPS) is 31.8. The van der Waals surface area contributed by atoms with Crippen molar-refractivity contribution in [2.24, 2.45) is 106 Å². The third kappa shape index (κ3) is 54.6. The van der Waals surface area contributed by atoms with E-state index in [9.17, 15) is 19.2 Å². The summed E-state index contributed by atoms with van der Waals surface area (Å²) in [6.45, 7) is 56.0. The Kier molecular flexibility index (Phi) is 101. The first-order chi connectivity index (χ1) is 46.3. The first-order valence-electron chi connectivity index (χ1n) is 38.8. The Hall–Kier alpha value is -2.52. The second kappa shape index (κ2) is 77.5. The number of hydrogen-bond donors (Lipinski definition) is 0. The van der Waals surface area contributed by atoms with E-state index in [0.29, 0.717) is 122 Å². The van der Waals surface area contributed by atoms with Crippen molar-refractivity contribution in [1.82, 2.24) is 0 Å². The van der Waals surface area contributed by atoms with Crippen molar-refractivity contribution in [2.45, 2.75) is 457 Å². The molecule has 0 aromatic heterocycles. The summed E-state index contributed by atoms with van der Waals surface area (Å²) >= 11 is 0. The molecule has 6 aliphatic carbocycles. The van der Waals surface area contributed by atoms with Gasteiger partial charge in [0.25, 0.3) is 0 Å². The molecule has 8 rings (SSSR count). The van der Waals surface area contributed by atoms with Gasteiger partial charge >= 0.3 is 23.9 Å². The van der Waals surface area contributed by atoms with E-state index in [-0.39, 0.29) is 203 Å². The highest BCUT2D eigenvalue weighted by Crippen LogP contribution is 2.39. The molecule has 18 nitrogen and oxygen atoms in total. The maximum absolute atomic E-state index is 11.8. The highest BCUT2D eigenvalue weighted by molar-refractivity contribution is 5.76. The molecule has 0 radical (unpaired) electrons. The van der Waals surface area contributed by atoms with E-state index in [1.54, 1.807) is 28.4 Å². The van der Waals surface area contributed by atoms with E-state index in [1.807, 2.05) is 55.4 Å². The lowest BCUT2D eigenvalue weighted by Crippen LogP contribution is -2.36. The second-order valence-electron chi connectivity index (χ2n) is 33.0. The van der Waals surface area contributed by atoms with Gasteiger partial charge in [0, 0.05) is 79.2 Å². The average molecular weight is 1670 g/mol. The van der Waals surface area contributed by atoms with Gasteiger partial charge in [-0.1, -0.05) is 255 Å². The molecule has 8 fully saturated rings. The molecule has 0 aromatic carbocycles. The van der Waals surface area contributed by atoms with Gasteiger partial charge in [0.1, 0.15) is 38.0 Å². The predicted molar refractivity (Wildman–Crippen MR) is 501 cm³/mol. The monoisotopic (exact) mass is 1670 g/mol. The molecule has 2 aliphatic heterocycles.